The van der Waals surface area contributed by atoms with Gasteiger partial charge in [-0.1, -0.05) is 25.7 Å². The first-order chi connectivity index (χ1) is 9.61. The number of likely N-dealkylation sites (N-methyl/N-ethyl adjacent to an activating group) is 1. The zero-order chi connectivity index (χ0) is 14.6. The number of allylic oxidation sites excluding steroid dienone is 3. The van der Waals surface area contributed by atoms with Gasteiger partial charge in [0.25, 0.3) is 0 Å². The molecule has 1 heterocycles. The Kier molecular flexibility index (Phi) is 4.53. The van der Waals surface area contributed by atoms with Gasteiger partial charge in [0, 0.05) is 25.8 Å². The van der Waals surface area contributed by atoms with E-state index < -0.39 is 5.54 Å². The van der Waals surface area contributed by atoms with Crippen LogP contribution in [0.15, 0.2) is 36.7 Å². The van der Waals surface area contributed by atoms with Gasteiger partial charge in [0.2, 0.25) is 5.91 Å². The summed E-state index contributed by atoms with van der Waals surface area (Å²) in [5, 5.41) is 5.93. The summed E-state index contributed by atoms with van der Waals surface area (Å²) in [6, 6.07) is 0. The van der Waals surface area contributed by atoms with Gasteiger partial charge >= 0.3 is 0 Å². The molecule has 0 saturated carbocycles. The van der Waals surface area contributed by atoms with Crippen molar-refractivity contribution in [3.63, 3.8) is 0 Å². The standard InChI is InChI=1S/C16H25N3O/c1-4-18-16(15(20)17-3)8-10-19(11-9-16)14-7-5-6-13(2)12-14/h4-5,7,12-13,18H,1,6,8-11H2,2-3H3,(H,17,20). The van der Waals surface area contributed by atoms with Crippen molar-refractivity contribution in [1.82, 2.24) is 15.5 Å². The van der Waals surface area contributed by atoms with Gasteiger partial charge in [-0.3, -0.25) is 4.79 Å². The summed E-state index contributed by atoms with van der Waals surface area (Å²) in [7, 11) is 1.69. The minimum absolute atomic E-state index is 0.0542. The molecule has 1 saturated heterocycles. The van der Waals surface area contributed by atoms with Crippen molar-refractivity contribution < 1.29 is 4.79 Å². The summed E-state index contributed by atoms with van der Waals surface area (Å²) in [6.45, 7) is 7.72. The molecule has 0 spiro atoms. The van der Waals surface area contributed by atoms with E-state index in [-0.39, 0.29) is 5.91 Å². The highest BCUT2D eigenvalue weighted by Crippen LogP contribution is 2.27. The molecule has 1 amide bonds. The second-order valence-electron chi connectivity index (χ2n) is 5.70. The topological polar surface area (TPSA) is 44.4 Å². The molecule has 0 aromatic rings. The fourth-order valence-corrected chi connectivity index (χ4v) is 3.05. The van der Waals surface area contributed by atoms with Gasteiger partial charge in [0.05, 0.1) is 0 Å². The molecule has 110 valence electrons. The molecule has 0 aromatic heterocycles. The summed E-state index contributed by atoms with van der Waals surface area (Å²) in [6.07, 6.45) is 11.1. The lowest BCUT2D eigenvalue weighted by atomic mass is 9.86. The Bertz CT molecular complexity index is 431. The molecule has 0 bridgehead atoms. The van der Waals surface area contributed by atoms with Gasteiger partial charge in [-0.15, -0.1) is 0 Å². The number of carbonyl (C=O) groups excluding carboxylic acids is 1. The quantitative estimate of drug-likeness (QED) is 0.822. The van der Waals surface area contributed by atoms with E-state index in [1.807, 2.05) is 0 Å². The van der Waals surface area contributed by atoms with Gasteiger partial charge in [-0.2, -0.15) is 0 Å². The number of nitrogens with zero attached hydrogens (tertiary/aromatic N) is 1. The Balaban J connectivity index is 2.05. The summed E-state index contributed by atoms with van der Waals surface area (Å²) in [4.78, 5) is 14.5. The molecule has 1 fully saturated rings. The molecular formula is C16H25N3O. The summed E-state index contributed by atoms with van der Waals surface area (Å²) >= 11 is 0. The molecule has 20 heavy (non-hydrogen) atoms. The maximum absolute atomic E-state index is 12.1. The predicted molar refractivity (Wildman–Crippen MR) is 81.9 cm³/mol. The Morgan fingerprint density at radius 1 is 1.50 bits per heavy atom. The number of rotatable bonds is 4. The summed E-state index contributed by atoms with van der Waals surface area (Å²) in [5.41, 5.74) is 0.797. The lowest BCUT2D eigenvalue weighted by molar-refractivity contribution is -0.128. The van der Waals surface area contributed by atoms with Crippen molar-refractivity contribution in [3.05, 3.63) is 36.7 Å². The normalized spacial score (nSPS) is 24.8. The van der Waals surface area contributed by atoms with Crippen molar-refractivity contribution in [2.75, 3.05) is 20.1 Å². The van der Waals surface area contributed by atoms with Gasteiger partial charge < -0.3 is 15.5 Å². The highest BCUT2D eigenvalue weighted by atomic mass is 16.2. The molecule has 1 aliphatic carbocycles. The lowest BCUT2D eigenvalue weighted by Crippen LogP contribution is -2.59. The predicted octanol–water partition coefficient (Wildman–Crippen LogP) is 1.78. The van der Waals surface area contributed by atoms with Crippen LogP contribution in [0.4, 0.5) is 0 Å². The fourth-order valence-electron chi connectivity index (χ4n) is 3.05. The fraction of sp³-hybridized carbons (Fsp3) is 0.562. The molecule has 0 aromatic carbocycles. The third kappa shape index (κ3) is 2.89. The number of carbonyl (C=O) groups is 1. The molecule has 4 nitrogen and oxygen atoms in total. The highest BCUT2D eigenvalue weighted by molar-refractivity contribution is 5.86. The maximum Gasteiger partial charge on any atom is 0.245 e. The van der Waals surface area contributed by atoms with Crippen LogP contribution in [0.1, 0.15) is 26.2 Å². The van der Waals surface area contributed by atoms with Crippen LogP contribution in [0, 0.1) is 5.92 Å². The van der Waals surface area contributed by atoms with E-state index in [4.69, 9.17) is 0 Å². The van der Waals surface area contributed by atoms with Crippen LogP contribution in [0.25, 0.3) is 0 Å². The third-order valence-electron chi connectivity index (χ3n) is 4.27. The number of hydrogen-bond donors (Lipinski definition) is 2. The average molecular weight is 275 g/mol. The molecule has 1 atom stereocenters. The lowest BCUT2D eigenvalue weighted by Gasteiger charge is -2.42. The Morgan fingerprint density at radius 2 is 2.20 bits per heavy atom. The Morgan fingerprint density at radius 3 is 2.75 bits per heavy atom. The van der Waals surface area contributed by atoms with E-state index in [2.05, 4.69) is 47.3 Å². The third-order valence-corrected chi connectivity index (χ3v) is 4.27. The Labute approximate surface area is 121 Å². The van der Waals surface area contributed by atoms with Crippen molar-refractivity contribution in [2.45, 2.75) is 31.7 Å². The number of amides is 1. The van der Waals surface area contributed by atoms with E-state index in [1.165, 1.54) is 5.70 Å². The van der Waals surface area contributed by atoms with Crippen molar-refractivity contribution in [2.24, 2.45) is 5.92 Å². The van der Waals surface area contributed by atoms with Crippen LogP contribution >= 0.6 is 0 Å². The first-order valence-corrected chi connectivity index (χ1v) is 7.35. The van der Waals surface area contributed by atoms with E-state index in [1.54, 1.807) is 13.2 Å². The second-order valence-corrected chi connectivity index (χ2v) is 5.70. The van der Waals surface area contributed by atoms with E-state index in [0.717, 1.165) is 32.4 Å². The Hall–Kier alpha value is -1.71. The first kappa shape index (κ1) is 14.7. The van der Waals surface area contributed by atoms with Crippen LogP contribution in [-0.4, -0.2) is 36.5 Å². The van der Waals surface area contributed by atoms with Crippen LogP contribution in [0.2, 0.25) is 0 Å². The van der Waals surface area contributed by atoms with E-state index >= 15 is 0 Å². The molecule has 2 N–H and O–H groups in total. The zero-order valence-electron chi connectivity index (χ0n) is 12.5. The molecule has 4 heteroatoms. The largest absolute Gasteiger partial charge is 0.378 e. The first-order valence-electron chi connectivity index (χ1n) is 7.35. The molecule has 2 aliphatic rings. The van der Waals surface area contributed by atoms with E-state index in [9.17, 15) is 4.79 Å². The van der Waals surface area contributed by atoms with Crippen LogP contribution < -0.4 is 10.6 Å². The molecule has 0 radical (unpaired) electrons. The van der Waals surface area contributed by atoms with Crippen molar-refractivity contribution in [3.8, 4) is 0 Å². The van der Waals surface area contributed by atoms with Crippen molar-refractivity contribution >= 4 is 5.91 Å². The summed E-state index contributed by atoms with van der Waals surface area (Å²) in [5.74, 6) is 0.658. The average Bonchev–Trinajstić information content (AvgIpc) is 2.47. The van der Waals surface area contributed by atoms with Crippen LogP contribution in [0.5, 0.6) is 0 Å². The number of nitrogens with one attached hydrogen (secondary N) is 2. The number of hydrogen-bond acceptors (Lipinski definition) is 3. The zero-order valence-corrected chi connectivity index (χ0v) is 12.5. The molecule has 1 aliphatic heterocycles. The van der Waals surface area contributed by atoms with Gasteiger partial charge in [-0.05, 0) is 37.5 Å². The van der Waals surface area contributed by atoms with Gasteiger partial charge in [0.1, 0.15) is 5.54 Å². The summed E-state index contributed by atoms with van der Waals surface area (Å²) < 4.78 is 0. The van der Waals surface area contributed by atoms with Gasteiger partial charge in [0.15, 0.2) is 0 Å². The van der Waals surface area contributed by atoms with Crippen molar-refractivity contribution in [1.29, 1.82) is 0 Å². The van der Waals surface area contributed by atoms with Crippen LogP contribution in [0.3, 0.4) is 0 Å². The monoisotopic (exact) mass is 275 g/mol. The smallest absolute Gasteiger partial charge is 0.245 e. The van der Waals surface area contributed by atoms with Crippen LogP contribution in [-0.2, 0) is 4.79 Å². The molecular weight excluding hydrogens is 250 g/mol. The molecule has 1 unspecified atom stereocenters. The molecule has 2 rings (SSSR count). The highest BCUT2D eigenvalue weighted by Gasteiger charge is 2.40. The number of piperidine rings is 1. The minimum Gasteiger partial charge on any atom is -0.378 e. The van der Waals surface area contributed by atoms with Gasteiger partial charge in [-0.25, -0.2) is 0 Å². The SMILES string of the molecule is C=CNC1(C(=O)NC)CCN(C2=CC(C)CC=C2)CC1. The minimum atomic E-state index is -0.502. The van der Waals surface area contributed by atoms with E-state index in [0.29, 0.717) is 5.92 Å². The maximum atomic E-state index is 12.1. The number of likely N-dealkylation sites (tertiary alicyclic amines) is 1. The second kappa shape index (κ2) is 6.16.